The first-order valence-corrected chi connectivity index (χ1v) is 6.67. The van der Waals surface area contributed by atoms with Crippen LogP contribution in [0.3, 0.4) is 0 Å². The van der Waals surface area contributed by atoms with Crippen LogP contribution in [0.4, 0.5) is 0 Å². The highest BCUT2D eigenvalue weighted by molar-refractivity contribution is 14.0. The summed E-state index contributed by atoms with van der Waals surface area (Å²) < 4.78 is 0. The van der Waals surface area contributed by atoms with Gasteiger partial charge in [0.15, 0.2) is 5.96 Å². The van der Waals surface area contributed by atoms with E-state index in [-0.39, 0.29) is 29.4 Å². The number of benzene rings is 1. The third kappa shape index (κ3) is 7.53. The fourth-order valence-electron chi connectivity index (χ4n) is 1.92. The van der Waals surface area contributed by atoms with Crippen molar-refractivity contribution >= 4 is 29.9 Å². The molecule has 0 amide bonds. The Morgan fingerprint density at radius 2 is 1.90 bits per heavy atom. The summed E-state index contributed by atoms with van der Waals surface area (Å²) >= 11 is 0. The van der Waals surface area contributed by atoms with Gasteiger partial charge in [0.05, 0.1) is 0 Å². The Balaban J connectivity index is 0.00000361. The van der Waals surface area contributed by atoms with Crippen LogP contribution < -0.4 is 10.6 Å². The summed E-state index contributed by atoms with van der Waals surface area (Å²) in [5, 5.41) is 6.53. The average molecular weight is 387 g/mol. The topological polar surface area (TPSA) is 36.4 Å². The van der Waals surface area contributed by atoms with Crippen molar-refractivity contribution in [2.75, 3.05) is 20.1 Å². The summed E-state index contributed by atoms with van der Waals surface area (Å²) in [5.74, 6) is 0.820. The van der Waals surface area contributed by atoms with E-state index in [1.54, 1.807) is 7.05 Å². The van der Waals surface area contributed by atoms with Gasteiger partial charge in [-0.05, 0) is 17.4 Å². The van der Waals surface area contributed by atoms with Crippen LogP contribution >= 0.6 is 24.0 Å². The molecule has 0 atom stereocenters. The zero-order valence-corrected chi connectivity index (χ0v) is 15.0. The molecule has 1 aromatic rings. The van der Waals surface area contributed by atoms with E-state index in [1.165, 1.54) is 5.56 Å². The van der Waals surface area contributed by atoms with Gasteiger partial charge in [-0.2, -0.15) is 0 Å². The molecule has 1 rings (SSSR count). The maximum atomic E-state index is 4.18. The zero-order chi connectivity index (χ0) is 14.1. The summed E-state index contributed by atoms with van der Waals surface area (Å²) in [6, 6.07) is 10.6. The molecule has 0 saturated carbocycles. The minimum atomic E-state index is 0. The molecule has 1 aromatic carbocycles. The van der Waals surface area contributed by atoms with Crippen LogP contribution in [0.2, 0.25) is 0 Å². The molecule has 0 fully saturated rings. The molecular weight excluding hydrogens is 361 g/mol. The Kier molecular flexibility index (Phi) is 9.29. The van der Waals surface area contributed by atoms with E-state index in [0.29, 0.717) is 0 Å². The minimum absolute atomic E-state index is 0. The molecule has 0 saturated heterocycles. The van der Waals surface area contributed by atoms with Crippen LogP contribution in [0, 0.1) is 5.41 Å². The lowest BCUT2D eigenvalue weighted by atomic mass is 9.86. The van der Waals surface area contributed by atoms with E-state index >= 15 is 0 Å². The number of halogens is 1. The standard InChI is InChI=1S/C16H25N3.HI/c1-5-11-18-15(17-4)19-13-16(2,3)12-14-9-7-6-8-10-14;/h5-10H,1,11-13H2,2-4H3,(H2,17,18,19);1H. The number of hydrogen-bond donors (Lipinski definition) is 2. The van der Waals surface area contributed by atoms with Crippen molar-refractivity contribution < 1.29 is 0 Å². The SMILES string of the molecule is C=CCNC(=NC)NCC(C)(C)Cc1ccccc1.I. The van der Waals surface area contributed by atoms with E-state index in [2.05, 4.69) is 66.4 Å². The molecule has 0 aliphatic rings. The molecule has 0 heterocycles. The molecule has 0 spiro atoms. The van der Waals surface area contributed by atoms with Gasteiger partial charge in [0.25, 0.3) is 0 Å². The maximum Gasteiger partial charge on any atom is 0.191 e. The summed E-state index contributed by atoms with van der Waals surface area (Å²) in [5.41, 5.74) is 1.54. The number of hydrogen-bond acceptors (Lipinski definition) is 1. The highest BCUT2D eigenvalue weighted by atomic mass is 127. The maximum absolute atomic E-state index is 4.18. The van der Waals surface area contributed by atoms with Gasteiger partial charge in [0, 0.05) is 20.1 Å². The first-order chi connectivity index (χ1) is 9.07. The van der Waals surface area contributed by atoms with Gasteiger partial charge in [0.2, 0.25) is 0 Å². The van der Waals surface area contributed by atoms with Gasteiger partial charge < -0.3 is 10.6 Å². The van der Waals surface area contributed by atoms with Gasteiger partial charge in [-0.15, -0.1) is 30.6 Å². The van der Waals surface area contributed by atoms with E-state index in [4.69, 9.17) is 0 Å². The van der Waals surface area contributed by atoms with Crippen molar-refractivity contribution in [2.24, 2.45) is 10.4 Å². The molecule has 0 unspecified atom stereocenters. The number of nitrogens with zero attached hydrogens (tertiary/aromatic N) is 1. The van der Waals surface area contributed by atoms with Crippen LogP contribution in [0.15, 0.2) is 48.0 Å². The Morgan fingerprint density at radius 1 is 1.25 bits per heavy atom. The number of rotatable bonds is 6. The molecule has 0 aliphatic heterocycles. The largest absolute Gasteiger partial charge is 0.356 e. The number of aliphatic imine (C=N–C) groups is 1. The van der Waals surface area contributed by atoms with E-state index < -0.39 is 0 Å². The number of guanidine groups is 1. The first-order valence-electron chi connectivity index (χ1n) is 6.67. The van der Waals surface area contributed by atoms with Crippen LogP contribution in [0.1, 0.15) is 19.4 Å². The van der Waals surface area contributed by atoms with Crippen molar-refractivity contribution in [1.82, 2.24) is 10.6 Å². The molecule has 4 heteroatoms. The first kappa shape index (κ1) is 19.0. The van der Waals surface area contributed by atoms with Crippen molar-refractivity contribution in [3.63, 3.8) is 0 Å². The Bertz CT molecular complexity index is 413. The molecule has 0 aromatic heterocycles. The molecule has 20 heavy (non-hydrogen) atoms. The fraction of sp³-hybridized carbons (Fsp3) is 0.438. The van der Waals surface area contributed by atoms with Crippen molar-refractivity contribution in [3.8, 4) is 0 Å². The quantitative estimate of drug-likeness (QED) is 0.340. The molecule has 0 bridgehead atoms. The van der Waals surface area contributed by atoms with Gasteiger partial charge in [-0.1, -0.05) is 50.3 Å². The van der Waals surface area contributed by atoms with Gasteiger partial charge in [-0.25, -0.2) is 0 Å². The van der Waals surface area contributed by atoms with Crippen LogP contribution in [0.25, 0.3) is 0 Å². The second-order valence-electron chi connectivity index (χ2n) is 5.42. The molecule has 2 N–H and O–H groups in total. The zero-order valence-electron chi connectivity index (χ0n) is 12.6. The molecular formula is C16H26IN3. The highest BCUT2D eigenvalue weighted by Crippen LogP contribution is 2.20. The summed E-state index contributed by atoms with van der Waals surface area (Å²) in [7, 11) is 1.78. The summed E-state index contributed by atoms with van der Waals surface area (Å²) in [6.07, 6.45) is 2.86. The molecule has 0 aliphatic carbocycles. The monoisotopic (exact) mass is 387 g/mol. The molecule has 3 nitrogen and oxygen atoms in total. The Hall–Kier alpha value is -1.04. The lowest BCUT2D eigenvalue weighted by Gasteiger charge is -2.26. The Labute approximate surface area is 140 Å². The average Bonchev–Trinajstić information content (AvgIpc) is 2.39. The summed E-state index contributed by atoms with van der Waals surface area (Å²) in [6.45, 7) is 9.80. The second kappa shape index (κ2) is 9.80. The minimum Gasteiger partial charge on any atom is -0.356 e. The third-order valence-electron chi connectivity index (χ3n) is 2.90. The normalized spacial score (nSPS) is 11.4. The van der Waals surface area contributed by atoms with Gasteiger partial charge in [-0.3, -0.25) is 4.99 Å². The smallest absolute Gasteiger partial charge is 0.191 e. The van der Waals surface area contributed by atoms with E-state index in [1.807, 2.05) is 6.08 Å². The lowest BCUT2D eigenvalue weighted by molar-refractivity contribution is 0.359. The highest BCUT2D eigenvalue weighted by Gasteiger charge is 2.18. The second-order valence-corrected chi connectivity index (χ2v) is 5.42. The van der Waals surface area contributed by atoms with E-state index in [9.17, 15) is 0 Å². The van der Waals surface area contributed by atoms with E-state index in [0.717, 1.165) is 25.5 Å². The predicted octanol–water partition coefficient (Wildman–Crippen LogP) is 3.22. The van der Waals surface area contributed by atoms with Crippen LogP contribution in [-0.4, -0.2) is 26.1 Å². The van der Waals surface area contributed by atoms with Crippen molar-refractivity contribution in [2.45, 2.75) is 20.3 Å². The lowest BCUT2D eigenvalue weighted by Crippen LogP contribution is -2.42. The van der Waals surface area contributed by atoms with Gasteiger partial charge in [0.1, 0.15) is 0 Å². The predicted molar refractivity (Wildman–Crippen MR) is 98.9 cm³/mol. The fourth-order valence-corrected chi connectivity index (χ4v) is 1.92. The van der Waals surface area contributed by atoms with Crippen molar-refractivity contribution in [1.29, 1.82) is 0 Å². The molecule has 0 radical (unpaired) electrons. The Morgan fingerprint density at radius 3 is 2.45 bits per heavy atom. The van der Waals surface area contributed by atoms with Crippen LogP contribution in [-0.2, 0) is 6.42 Å². The number of nitrogens with one attached hydrogen (secondary N) is 2. The van der Waals surface area contributed by atoms with Crippen molar-refractivity contribution in [3.05, 3.63) is 48.6 Å². The van der Waals surface area contributed by atoms with Gasteiger partial charge >= 0.3 is 0 Å². The third-order valence-corrected chi connectivity index (χ3v) is 2.90. The van der Waals surface area contributed by atoms with Crippen LogP contribution in [0.5, 0.6) is 0 Å². The molecule has 112 valence electrons. The summed E-state index contributed by atoms with van der Waals surface area (Å²) in [4.78, 5) is 4.18.